The molecule has 0 spiro atoms. The molecule has 100 valence electrons. The summed E-state index contributed by atoms with van der Waals surface area (Å²) in [6, 6.07) is 7.63. The number of carbonyl (C=O) groups is 1. The number of rotatable bonds is 5. The zero-order chi connectivity index (χ0) is 13.1. The number of carbonyl (C=O) groups excluding carboxylic acids is 1. The van der Waals surface area contributed by atoms with Crippen LogP contribution in [0.3, 0.4) is 0 Å². The van der Waals surface area contributed by atoms with Gasteiger partial charge in [-0.3, -0.25) is 4.79 Å². The lowest BCUT2D eigenvalue weighted by atomic mass is 10.0. The number of aromatic nitrogens is 1. The van der Waals surface area contributed by atoms with Crippen molar-refractivity contribution in [3.05, 3.63) is 30.2 Å². The summed E-state index contributed by atoms with van der Waals surface area (Å²) in [5, 5.41) is 6.12. The Morgan fingerprint density at radius 3 is 3.00 bits per heavy atom. The van der Waals surface area contributed by atoms with Crippen molar-refractivity contribution in [1.29, 1.82) is 0 Å². The molecule has 1 amide bonds. The Morgan fingerprint density at radius 2 is 2.26 bits per heavy atom. The van der Waals surface area contributed by atoms with Crippen molar-refractivity contribution in [3.63, 3.8) is 0 Å². The van der Waals surface area contributed by atoms with Crippen LogP contribution >= 0.6 is 0 Å². The molecule has 0 atom stereocenters. The number of oxazole rings is 1. The summed E-state index contributed by atoms with van der Waals surface area (Å²) in [6.45, 7) is 2.77. The number of amides is 1. The van der Waals surface area contributed by atoms with Crippen LogP contribution < -0.4 is 10.6 Å². The Balaban J connectivity index is 1.49. The minimum absolute atomic E-state index is 0.0640. The van der Waals surface area contributed by atoms with Crippen molar-refractivity contribution >= 4 is 17.0 Å². The predicted molar refractivity (Wildman–Crippen MR) is 71.7 cm³/mol. The van der Waals surface area contributed by atoms with Gasteiger partial charge in [0.05, 0.1) is 0 Å². The van der Waals surface area contributed by atoms with Crippen LogP contribution in [0.25, 0.3) is 11.1 Å². The Bertz CT molecular complexity index is 542. The molecule has 5 heteroatoms. The Kier molecular flexibility index (Phi) is 3.46. The minimum Gasteiger partial charge on any atom is -0.441 e. The average Bonchev–Trinajstić information content (AvgIpc) is 2.77. The van der Waals surface area contributed by atoms with Gasteiger partial charge < -0.3 is 15.1 Å². The van der Waals surface area contributed by atoms with Gasteiger partial charge in [0.2, 0.25) is 5.91 Å². The second kappa shape index (κ2) is 5.40. The monoisotopic (exact) mass is 259 g/mol. The summed E-state index contributed by atoms with van der Waals surface area (Å²) < 4.78 is 5.58. The fourth-order valence-electron chi connectivity index (χ4n) is 2.09. The van der Waals surface area contributed by atoms with Gasteiger partial charge >= 0.3 is 0 Å². The lowest BCUT2D eigenvalue weighted by Gasteiger charge is -2.27. The van der Waals surface area contributed by atoms with Crippen molar-refractivity contribution in [3.8, 4) is 0 Å². The quantitative estimate of drug-likeness (QED) is 0.843. The van der Waals surface area contributed by atoms with E-state index in [0.717, 1.165) is 30.7 Å². The molecule has 0 saturated carbocycles. The SMILES string of the molecule is O=C(CCc1nc2ccccc2o1)NCC1CNC1. The van der Waals surface area contributed by atoms with E-state index in [-0.39, 0.29) is 5.91 Å². The third-order valence-electron chi connectivity index (χ3n) is 3.36. The normalized spacial score (nSPS) is 15.4. The largest absolute Gasteiger partial charge is 0.441 e. The molecule has 3 rings (SSSR count). The first-order valence-corrected chi connectivity index (χ1v) is 6.63. The molecule has 1 fully saturated rings. The van der Waals surface area contributed by atoms with E-state index >= 15 is 0 Å². The summed E-state index contributed by atoms with van der Waals surface area (Å²) >= 11 is 0. The number of hydrogen-bond donors (Lipinski definition) is 2. The van der Waals surface area contributed by atoms with Crippen molar-refractivity contribution in [2.45, 2.75) is 12.8 Å². The molecule has 2 heterocycles. The Hall–Kier alpha value is -1.88. The molecule has 0 radical (unpaired) electrons. The van der Waals surface area contributed by atoms with Crippen molar-refractivity contribution < 1.29 is 9.21 Å². The lowest BCUT2D eigenvalue weighted by Crippen LogP contribution is -2.48. The van der Waals surface area contributed by atoms with Gasteiger partial charge in [0.25, 0.3) is 0 Å². The fourth-order valence-corrected chi connectivity index (χ4v) is 2.09. The van der Waals surface area contributed by atoms with Gasteiger partial charge in [-0.25, -0.2) is 4.98 Å². The summed E-state index contributed by atoms with van der Waals surface area (Å²) in [5.41, 5.74) is 1.62. The molecule has 0 bridgehead atoms. The van der Waals surface area contributed by atoms with E-state index < -0.39 is 0 Å². The van der Waals surface area contributed by atoms with Crippen LogP contribution in [-0.4, -0.2) is 30.5 Å². The van der Waals surface area contributed by atoms with Gasteiger partial charge in [0, 0.05) is 38.4 Å². The standard InChI is InChI=1S/C14H17N3O2/c18-13(16-9-10-7-15-8-10)5-6-14-17-11-3-1-2-4-12(11)19-14/h1-4,10,15H,5-9H2,(H,16,18). The first-order valence-electron chi connectivity index (χ1n) is 6.63. The molecular formula is C14H17N3O2. The van der Waals surface area contributed by atoms with Crippen LogP contribution in [0.15, 0.2) is 28.7 Å². The van der Waals surface area contributed by atoms with E-state index in [1.54, 1.807) is 0 Å². The molecule has 1 aromatic carbocycles. The van der Waals surface area contributed by atoms with Gasteiger partial charge in [-0.2, -0.15) is 0 Å². The number of nitrogens with one attached hydrogen (secondary N) is 2. The number of hydrogen-bond acceptors (Lipinski definition) is 4. The average molecular weight is 259 g/mol. The highest BCUT2D eigenvalue weighted by Crippen LogP contribution is 2.15. The molecule has 2 aromatic rings. The first-order chi connectivity index (χ1) is 9.31. The second-order valence-electron chi connectivity index (χ2n) is 4.90. The number of aryl methyl sites for hydroxylation is 1. The van der Waals surface area contributed by atoms with E-state index in [2.05, 4.69) is 15.6 Å². The number of para-hydroxylation sites is 2. The van der Waals surface area contributed by atoms with Gasteiger partial charge in [-0.1, -0.05) is 12.1 Å². The Labute approximate surface area is 111 Å². The Morgan fingerprint density at radius 1 is 1.42 bits per heavy atom. The molecule has 0 aliphatic carbocycles. The smallest absolute Gasteiger partial charge is 0.220 e. The third-order valence-corrected chi connectivity index (χ3v) is 3.36. The van der Waals surface area contributed by atoms with Gasteiger partial charge in [0.15, 0.2) is 11.5 Å². The van der Waals surface area contributed by atoms with Gasteiger partial charge in [-0.15, -0.1) is 0 Å². The number of nitrogens with zero attached hydrogens (tertiary/aromatic N) is 1. The summed E-state index contributed by atoms with van der Waals surface area (Å²) in [5.74, 6) is 1.28. The molecule has 0 unspecified atom stereocenters. The van der Waals surface area contributed by atoms with Gasteiger partial charge in [-0.05, 0) is 12.1 Å². The maximum absolute atomic E-state index is 11.7. The highest BCUT2D eigenvalue weighted by atomic mass is 16.3. The van der Waals surface area contributed by atoms with Crippen LogP contribution in [0, 0.1) is 5.92 Å². The van der Waals surface area contributed by atoms with E-state index in [9.17, 15) is 4.79 Å². The maximum Gasteiger partial charge on any atom is 0.220 e. The lowest BCUT2D eigenvalue weighted by molar-refractivity contribution is -0.121. The van der Waals surface area contributed by atoms with Crippen LogP contribution in [-0.2, 0) is 11.2 Å². The third kappa shape index (κ3) is 2.93. The topological polar surface area (TPSA) is 67.2 Å². The van der Waals surface area contributed by atoms with Crippen LogP contribution in [0.4, 0.5) is 0 Å². The van der Waals surface area contributed by atoms with Crippen LogP contribution in [0.2, 0.25) is 0 Å². The minimum atomic E-state index is 0.0640. The molecule has 5 nitrogen and oxygen atoms in total. The van der Waals surface area contributed by atoms with Crippen molar-refractivity contribution in [2.75, 3.05) is 19.6 Å². The summed E-state index contributed by atoms with van der Waals surface area (Å²) in [7, 11) is 0. The van der Waals surface area contributed by atoms with E-state index in [0.29, 0.717) is 24.7 Å². The van der Waals surface area contributed by atoms with Crippen LogP contribution in [0.1, 0.15) is 12.3 Å². The van der Waals surface area contributed by atoms with Crippen molar-refractivity contribution in [1.82, 2.24) is 15.6 Å². The predicted octanol–water partition coefficient (Wildman–Crippen LogP) is 1.10. The van der Waals surface area contributed by atoms with Crippen molar-refractivity contribution in [2.24, 2.45) is 5.92 Å². The van der Waals surface area contributed by atoms with Gasteiger partial charge in [0.1, 0.15) is 5.52 Å². The number of benzene rings is 1. The molecule has 2 N–H and O–H groups in total. The highest BCUT2D eigenvalue weighted by molar-refractivity contribution is 5.76. The molecular weight excluding hydrogens is 242 g/mol. The molecule has 19 heavy (non-hydrogen) atoms. The van der Waals surface area contributed by atoms with E-state index in [1.165, 1.54) is 0 Å². The molecule has 1 aliphatic heterocycles. The summed E-state index contributed by atoms with van der Waals surface area (Å²) in [4.78, 5) is 16.0. The van der Waals surface area contributed by atoms with E-state index in [4.69, 9.17) is 4.42 Å². The molecule has 1 aromatic heterocycles. The maximum atomic E-state index is 11.7. The fraction of sp³-hybridized carbons (Fsp3) is 0.429. The highest BCUT2D eigenvalue weighted by Gasteiger charge is 2.17. The second-order valence-corrected chi connectivity index (χ2v) is 4.90. The zero-order valence-electron chi connectivity index (χ0n) is 10.7. The van der Waals surface area contributed by atoms with Crippen LogP contribution in [0.5, 0.6) is 0 Å². The zero-order valence-corrected chi connectivity index (χ0v) is 10.7. The first kappa shape index (κ1) is 12.2. The number of fused-ring (bicyclic) bond motifs is 1. The van der Waals surface area contributed by atoms with E-state index in [1.807, 2.05) is 24.3 Å². The summed E-state index contributed by atoms with van der Waals surface area (Å²) in [6.07, 6.45) is 0.969. The molecule has 1 saturated heterocycles. The molecule has 1 aliphatic rings.